The Morgan fingerprint density at radius 1 is 1.00 bits per heavy atom. The molecule has 0 radical (unpaired) electrons. The zero-order valence-electron chi connectivity index (χ0n) is 17.6. The van der Waals surface area contributed by atoms with Gasteiger partial charge in [0.1, 0.15) is 6.04 Å². The third-order valence-corrected chi connectivity index (χ3v) is 6.05. The Kier molecular flexibility index (Phi) is 6.70. The third-order valence-electron chi connectivity index (χ3n) is 6.05. The Morgan fingerprint density at radius 2 is 1.69 bits per heavy atom. The van der Waals surface area contributed by atoms with Crippen LogP contribution < -0.4 is 5.32 Å². The standard InChI is InChI=1S/C24H30N2O3/c1-18-10-9-11-19(2)24(18)25-22(27)16-26(17-23(28)29-3)15-8-7-14-21(26)20-12-5-4-6-13-20/h4-6,9-13,21H,7-8,14-17H2,1-3H3/p+1. The van der Waals surface area contributed by atoms with Crippen LogP contribution in [0.5, 0.6) is 0 Å². The van der Waals surface area contributed by atoms with Crippen LogP contribution in [0.25, 0.3) is 0 Å². The van der Waals surface area contributed by atoms with Crippen molar-refractivity contribution in [3.8, 4) is 0 Å². The first-order valence-corrected chi connectivity index (χ1v) is 10.3. The lowest BCUT2D eigenvalue weighted by atomic mass is 9.91. The summed E-state index contributed by atoms with van der Waals surface area (Å²) in [5.41, 5.74) is 4.12. The second kappa shape index (κ2) is 9.23. The smallest absolute Gasteiger partial charge is 0.361 e. The van der Waals surface area contributed by atoms with Crippen LogP contribution in [-0.4, -0.2) is 43.1 Å². The van der Waals surface area contributed by atoms with Crippen molar-refractivity contribution in [1.82, 2.24) is 0 Å². The molecule has 2 atom stereocenters. The SMILES string of the molecule is COC(=O)C[N+]1(CC(=O)Nc2c(C)cccc2C)CCCCC1c1ccccc1. The first-order chi connectivity index (χ1) is 13.9. The first kappa shape index (κ1) is 21.1. The lowest BCUT2D eigenvalue weighted by Gasteiger charge is -2.46. The van der Waals surface area contributed by atoms with Crippen LogP contribution in [0.2, 0.25) is 0 Å². The molecule has 5 heteroatoms. The molecule has 1 aliphatic rings. The molecule has 0 bridgehead atoms. The highest BCUT2D eigenvalue weighted by Crippen LogP contribution is 2.38. The number of nitrogens with zero attached hydrogens (tertiary/aromatic N) is 1. The molecule has 29 heavy (non-hydrogen) atoms. The zero-order chi connectivity index (χ0) is 20.9. The fraction of sp³-hybridized carbons (Fsp3) is 0.417. The number of ether oxygens (including phenoxy) is 1. The zero-order valence-corrected chi connectivity index (χ0v) is 17.6. The highest BCUT2D eigenvalue weighted by molar-refractivity contribution is 5.93. The summed E-state index contributed by atoms with van der Waals surface area (Å²) < 4.78 is 5.42. The van der Waals surface area contributed by atoms with E-state index in [1.807, 2.05) is 50.2 Å². The van der Waals surface area contributed by atoms with Crippen LogP contribution in [0.15, 0.2) is 48.5 Å². The minimum absolute atomic E-state index is 0.0610. The van der Waals surface area contributed by atoms with Gasteiger partial charge < -0.3 is 14.5 Å². The van der Waals surface area contributed by atoms with Crippen molar-refractivity contribution in [2.45, 2.75) is 39.2 Å². The highest BCUT2D eigenvalue weighted by atomic mass is 16.5. The summed E-state index contributed by atoms with van der Waals surface area (Å²) in [4.78, 5) is 25.5. The van der Waals surface area contributed by atoms with Crippen LogP contribution in [0, 0.1) is 13.8 Å². The number of hydrogen-bond acceptors (Lipinski definition) is 3. The number of carbonyl (C=O) groups is 2. The van der Waals surface area contributed by atoms with Crippen molar-refractivity contribution in [1.29, 1.82) is 0 Å². The number of nitrogens with one attached hydrogen (secondary N) is 1. The van der Waals surface area contributed by atoms with Crippen LogP contribution in [0.3, 0.4) is 0 Å². The molecule has 1 N–H and O–H groups in total. The molecule has 1 saturated heterocycles. The summed E-state index contributed by atoms with van der Waals surface area (Å²) in [6, 6.07) is 16.3. The van der Waals surface area contributed by atoms with E-state index in [0.717, 1.165) is 42.6 Å². The van der Waals surface area contributed by atoms with Crippen LogP contribution >= 0.6 is 0 Å². The van der Waals surface area contributed by atoms with Crippen molar-refractivity contribution in [2.24, 2.45) is 0 Å². The molecule has 154 valence electrons. The molecule has 1 amide bonds. The maximum Gasteiger partial charge on any atom is 0.361 e. The van der Waals surface area contributed by atoms with E-state index in [1.54, 1.807) is 0 Å². The molecule has 2 unspecified atom stereocenters. The van der Waals surface area contributed by atoms with Gasteiger partial charge >= 0.3 is 5.97 Å². The number of esters is 1. The van der Waals surface area contributed by atoms with Gasteiger partial charge in [0.05, 0.1) is 13.7 Å². The number of hydrogen-bond donors (Lipinski definition) is 1. The lowest BCUT2D eigenvalue weighted by Crippen LogP contribution is -2.59. The maximum absolute atomic E-state index is 13.2. The van der Waals surface area contributed by atoms with Gasteiger partial charge in [0.15, 0.2) is 13.1 Å². The van der Waals surface area contributed by atoms with Crippen molar-refractivity contribution >= 4 is 17.6 Å². The molecular formula is C24H31N2O3+. The minimum Gasteiger partial charge on any atom is -0.465 e. The molecular weight excluding hydrogens is 364 g/mol. The van der Waals surface area contributed by atoms with Crippen LogP contribution in [-0.2, 0) is 14.3 Å². The largest absolute Gasteiger partial charge is 0.465 e. The first-order valence-electron chi connectivity index (χ1n) is 10.3. The molecule has 0 spiro atoms. The number of carbonyl (C=O) groups excluding carboxylic acids is 2. The monoisotopic (exact) mass is 395 g/mol. The lowest BCUT2D eigenvalue weighted by molar-refractivity contribution is -0.948. The summed E-state index contributed by atoms with van der Waals surface area (Å²) in [5.74, 6) is -0.332. The number of rotatable bonds is 6. The van der Waals surface area contributed by atoms with E-state index in [0.29, 0.717) is 4.48 Å². The van der Waals surface area contributed by atoms with E-state index in [4.69, 9.17) is 4.74 Å². The summed E-state index contributed by atoms with van der Waals surface area (Å²) >= 11 is 0. The average molecular weight is 396 g/mol. The molecule has 3 rings (SSSR count). The van der Waals surface area contributed by atoms with Crippen LogP contribution in [0.4, 0.5) is 5.69 Å². The van der Waals surface area contributed by atoms with Gasteiger partial charge in [-0.25, -0.2) is 4.79 Å². The van der Waals surface area contributed by atoms with Crippen LogP contribution in [0.1, 0.15) is 42.0 Å². The molecule has 5 nitrogen and oxygen atoms in total. The fourth-order valence-electron chi connectivity index (χ4n) is 4.58. The normalized spacial score (nSPS) is 21.4. The molecule has 2 aromatic rings. The van der Waals surface area contributed by atoms with E-state index in [1.165, 1.54) is 12.7 Å². The number of amides is 1. The van der Waals surface area contributed by atoms with Gasteiger partial charge in [-0.1, -0.05) is 48.5 Å². The van der Waals surface area contributed by atoms with Gasteiger partial charge in [-0.2, -0.15) is 0 Å². The number of likely N-dealkylation sites (tertiary alicyclic amines) is 1. The number of anilines is 1. The molecule has 1 heterocycles. The van der Waals surface area contributed by atoms with E-state index >= 15 is 0 Å². The maximum atomic E-state index is 13.2. The average Bonchev–Trinajstić information content (AvgIpc) is 2.71. The number of methoxy groups -OCH3 is 1. The van der Waals surface area contributed by atoms with E-state index in [2.05, 4.69) is 17.4 Å². The second-order valence-corrected chi connectivity index (χ2v) is 8.07. The Balaban J connectivity index is 1.91. The topological polar surface area (TPSA) is 55.4 Å². The Bertz CT molecular complexity index is 845. The number of benzene rings is 2. The number of aryl methyl sites for hydroxylation is 2. The van der Waals surface area contributed by atoms with Gasteiger partial charge in [0, 0.05) is 17.7 Å². The fourth-order valence-corrected chi connectivity index (χ4v) is 4.58. The van der Waals surface area contributed by atoms with Crippen molar-refractivity contribution in [2.75, 3.05) is 32.1 Å². The predicted octanol–water partition coefficient (Wildman–Crippen LogP) is 4.16. The number of para-hydroxylation sites is 1. The van der Waals surface area contributed by atoms with Crippen molar-refractivity contribution in [3.05, 3.63) is 65.2 Å². The Labute approximate surface area is 173 Å². The summed E-state index contributed by atoms with van der Waals surface area (Å²) in [7, 11) is 1.41. The minimum atomic E-state index is -0.271. The van der Waals surface area contributed by atoms with Gasteiger partial charge in [0.25, 0.3) is 5.91 Å². The highest BCUT2D eigenvalue weighted by Gasteiger charge is 2.44. The number of quaternary nitrogens is 1. The van der Waals surface area contributed by atoms with Gasteiger partial charge in [0.2, 0.25) is 0 Å². The van der Waals surface area contributed by atoms with Gasteiger partial charge in [-0.05, 0) is 37.8 Å². The summed E-state index contributed by atoms with van der Waals surface area (Å²) in [6.07, 6.45) is 3.05. The third kappa shape index (κ3) is 4.85. The summed E-state index contributed by atoms with van der Waals surface area (Å²) in [5, 5.41) is 3.11. The summed E-state index contributed by atoms with van der Waals surface area (Å²) in [6.45, 7) is 5.23. The molecule has 0 aromatic heterocycles. The molecule has 0 saturated carbocycles. The Hall–Kier alpha value is -2.66. The molecule has 1 fully saturated rings. The molecule has 1 aliphatic heterocycles. The van der Waals surface area contributed by atoms with Gasteiger partial charge in [-0.3, -0.25) is 4.79 Å². The van der Waals surface area contributed by atoms with E-state index in [9.17, 15) is 9.59 Å². The second-order valence-electron chi connectivity index (χ2n) is 8.07. The quantitative estimate of drug-likeness (QED) is 0.590. The predicted molar refractivity (Wildman–Crippen MR) is 114 cm³/mol. The van der Waals surface area contributed by atoms with Gasteiger partial charge in [-0.15, -0.1) is 0 Å². The number of piperidine rings is 1. The Morgan fingerprint density at radius 3 is 2.34 bits per heavy atom. The van der Waals surface area contributed by atoms with E-state index < -0.39 is 0 Å². The molecule has 0 aliphatic carbocycles. The van der Waals surface area contributed by atoms with Crippen molar-refractivity contribution < 1.29 is 18.8 Å². The molecule has 2 aromatic carbocycles. The van der Waals surface area contributed by atoms with Crippen molar-refractivity contribution in [3.63, 3.8) is 0 Å². The van der Waals surface area contributed by atoms with E-state index in [-0.39, 0.29) is 31.0 Å².